The van der Waals surface area contributed by atoms with Crippen LogP contribution < -0.4 is 27.5 Å². The third-order valence-electron chi connectivity index (χ3n) is 4.68. The van der Waals surface area contributed by atoms with E-state index in [1.54, 1.807) is 0 Å². The second kappa shape index (κ2) is 9.12. The molecular formula is C21H15AlF6O3. The van der Waals surface area contributed by atoms with Crippen molar-refractivity contribution in [3.63, 3.8) is 0 Å². The fourth-order valence-electron chi connectivity index (χ4n) is 3.45. The normalized spacial score (nSPS) is 10.7. The van der Waals surface area contributed by atoms with Gasteiger partial charge in [0.1, 0.15) is 40.5 Å². The third kappa shape index (κ3) is 4.31. The van der Waals surface area contributed by atoms with E-state index >= 15 is 8.78 Å². The molecule has 0 atom stereocenters. The van der Waals surface area contributed by atoms with Gasteiger partial charge in [-0.1, -0.05) is 8.85 Å². The van der Waals surface area contributed by atoms with Crippen LogP contribution in [0.2, 0.25) is 0 Å². The summed E-state index contributed by atoms with van der Waals surface area (Å²) >= 11 is -3.66. The second-order valence-electron chi connectivity index (χ2n) is 6.46. The largest absolute Gasteiger partial charge is 0.497 e. The molecule has 0 aromatic heterocycles. The van der Waals surface area contributed by atoms with E-state index in [0.717, 1.165) is 38.5 Å². The molecule has 0 heterocycles. The van der Waals surface area contributed by atoms with Gasteiger partial charge in [0.15, 0.2) is 11.6 Å². The first-order chi connectivity index (χ1) is 14.7. The molecule has 3 aromatic carbocycles. The van der Waals surface area contributed by atoms with Gasteiger partial charge >= 0.3 is 14.1 Å². The van der Waals surface area contributed by atoms with Crippen LogP contribution in [-0.2, 0) is 0 Å². The Bertz CT molecular complexity index is 1060. The zero-order valence-corrected chi connectivity index (χ0v) is 17.7. The molecule has 0 saturated carbocycles. The van der Waals surface area contributed by atoms with Crippen LogP contribution >= 0.6 is 0 Å². The molecule has 0 bridgehead atoms. The summed E-state index contributed by atoms with van der Waals surface area (Å²) in [6, 6.07) is 4.43. The average molecular weight is 456 g/mol. The number of hydrogen-bond acceptors (Lipinski definition) is 3. The predicted octanol–water partition coefficient (Wildman–Crippen LogP) is 3.06. The average Bonchev–Trinajstić information content (AvgIpc) is 2.69. The molecule has 0 saturated heterocycles. The lowest BCUT2D eigenvalue weighted by atomic mass is 10.3. The lowest BCUT2D eigenvalue weighted by Crippen LogP contribution is -2.55. The minimum Gasteiger partial charge on any atom is -0.497 e. The van der Waals surface area contributed by atoms with Crippen molar-refractivity contribution in [1.29, 1.82) is 0 Å². The van der Waals surface area contributed by atoms with Crippen LogP contribution in [0.1, 0.15) is 0 Å². The highest BCUT2D eigenvalue weighted by atomic mass is 27.2. The summed E-state index contributed by atoms with van der Waals surface area (Å²) in [6.07, 6.45) is 0. The summed E-state index contributed by atoms with van der Waals surface area (Å²) in [4.78, 5) is 0. The van der Waals surface area contributed by atoms with Gasteiger partial charge in [-0.2, -0.15) is 0 Å². The molecule has 0 unspecified atom stereocenters. The summed E-state index contributed by atoms with van der Waals surface area (Å²) in [6.45, 7) is 0. The van der Waals surface area contributed by atoms with Crippen LogP contribution in [0.4, 0.5) is 26.3 Å². The van der Waals surface area contributed by atoms with E-state index in [1.807, 2.05) is 0 Å². The van der Waals surface area contributed by atoms with Gasteiger partial charge in [0.2, 0.25) is 0 Å². The topological polar surface area (TPSA) is 27.7 Å². The highest BCUT2D eigenvalue weighted by molar-refractivity contribution is 6.96. The first kappa shape index (κ1) is 22.8. The first-order valence-corrected chi connectivity index (χ1v) is 10.5. The van der Waals surface area contributed by atoms with E-state index in [4.69, 9.17) is 14.2 Å². The van der Waals surface area contributed by atoms with Crippen molar-refractivity contribution in [3.8, 4) is 17.2 Å². The Morgan fingerprint density at radius 1 is 0.548 bits per heavy atom. The molecule has 0 aliphatic heterocycles. The summed E-state index contributed by atoms with van der Waals surface area (Å²) in [5, 5.41) is 0. The van der Waals surface area contributed by atoms with Crippen molar-refractivity contribution >= 4 is 27.4 Å². The van der Waals surface area contributed by atoms with Crippen molar-refractivity contribution < 1.29 is 40.6 Å². The molecule has 0 amide bonds. The maximum Gasteiger partial charge on any atom is 0.405 e. The van der Waals surface area contributed by atoms with Crippen LogP contribution in [0, 0.1) is 34.9 Å². The summed E-state index contributed by atoms with van der Waals surface area (Å²) in [7, 11) is 3.35. The Hall–Kier alpha value is -2.83. The number of hydrogen-bond donors (Lipinski definition) is 0. The van der Waals surface area contributed by atoms with Gasteiger partial charge in [0.25, 0.3) is 0 Å². The standard InChI is InChI=1S/3C7H5F2O.Al/c1-10-7-3-5(8)2-6(9)4-7;2*1-10-7-3-2-5(8)4-6(7)9;/h3-4H,1H3;2*2,4H,1H3;. The van der Waals surface area contributed by atoms with Crippen molar-refractivity contribution in [3.05, 3.63) is 71.3 Å². The molecule has 162 valence electrons. The molecular weight excluding hydrogens is 441 g/mol. The first-order valence-electron chi connectivity index (χ1n) is 8.80. The summed E-state index contributed by atoms with van der Waals surface area (Å²) < 4.78 is 101. The number of benzene rings is 3. The summed E-state index contributed by atoms with van der Waals surface area (Å²) in [5.41, 5.74) is 0. The van der Waals surface area contributed by atoms with Crippen molar-refractivity contribution in [2.24, 2.45) is 0 Å². The molecule has 3 nitrogen and oxygen atoms in total. The van der Waals surface area contributed by atoms with Gasteiger partial charge in [-0.05, 0) is 16.6 Å². The van der Waals surface area contributed by atoms with Crippen molar-refractivity contribution in [2.75, 3.05) is 21.3 Å². The van der Waals surface area contributed by atoms with E-state index in [2.05, 4.69) is 0 Å². The molecule has 0 aliphatic carbocycles. The van der Waals surface area contributed by atoms with Gasteiger partial charge in [-0.3, -0.25) is 0 Å². The molecule has 0 N–H and O–H groups in total. The van der Waals surface area contributed by atoms with E-state index in [1.165, 1.54) is 7.11 Å². The Balaban J connectivity index is 2.47. The number of rotatable bonds is 6. The molecule has 31 heavy (non-hydrogen) atoms. The number of methoxy groups -OCH3 is 3. The Morgan fingerprint density at radius 3 is 1.32 bits per heavy atom. The smallest absolute Gasteiger partial charge is 0.405 e. The van der Waals surface area contributed by atoms with Gasteiger partial charge in [0, 0.05) is 24.3 Å². The van der Waals surface area contributed by atoms with Crippen LogP contribution in [-0.4, -0.2) is 35.5 Å². The van der Waals surface area contributed by atoms with E-state index in [0.29, 0.717) is 12.1 Å². The highest BCUT2D eigenvalue weighted by Gasteiger charge is 2.38. The Labute approximate surface area is 178 Å². The quantitative estimate of drug-likeness (QED) is 0.422. The molecule has 10 heteroatoms. The minimum absolute atomic E-state index is 0.152. The van der Waals surface area contributed by atoms with E-state index in [-0.39, 0.29) is 14.6 Å². The summed E-state index contributed by atoms with van der Waals surface area (Å²) in [5.74, 6) is -7.79. The van der Waals surface area contributed by atoms with Gasteiger partial charge in [0.05, 0.1) is 21.3 Å². The lowest BCUT2D eigenvalue weighted by Gasteiger charge is -2.21. The molecule has 3 aromatic rings. The van der Waals surface area contributed by atoms with Gasteiger partial charge in [-0.25, -0.2) is 26.3 Å². The SMILES string of the molecule is COc1cc(F)[c]([Al]([c]2cc(F)cc(F)c2OC)[c]2cc(F)cc(F)c2OC)c(F)c1. The van der Waals surface area contributed by atoms with Gasteiger partial charge in [-0.15, -0.1) is 0 Å². The Morgan fingerprint density at radius 2 is 0.968 bits per heavy atom. The van der Waals surface area contributed by atoms with Crippen LogP contribution in [0.25, 0.3) is 0 Å². The lowest BCUT2D eigenvalue weighted by molar-refractivity contribution is 0.386. The maximum atomic E-state index is 15.1. The van der Waals surface area contributed by atoms with E-state index < -0.39 is 65.0 Å². The maximum absolute atomic E-state index is 15.1. The molecule has 3 rings (SSSR count). The molecule has 0 spiro atoms. The minimum atomic E-state index is -3.66. The number of ether oxygens (including phenoxy) is 3. The zero-order valence-electron chi connectivity index (χ0n) is 16.5. The fourth-order valence-corrected chi connectivity index (χ4v) is 6.82. The zero-order chi connectivity index (χ0) is 22.9. The van der Waals surface area contributed by atoms with Gasteiger partial charge < -0.3 is 14.2 Å². The predicted molar refractivity (Wildman–Crippen MR) is 103 cm³/mol. The third-order valence-corrected chi connectivity index (χ3v) is 7.91. The number of halogens is 6. The molecule has 0 fully saturated rings. The molecule has 0 aliphatic rings. The van der Waals surface area contributed by atoms with Crippen molar-refractivity contribution in [1.82, 2.24) is 0 Å². The van der Waals surface area contributed by atoms with Crippen molar-refractivity contribution in [2.45, 2.75) is 0 Å². The van der Waals surface area contributed by atoms with Crippen LogP contribution in [0.3, 0.4) is 0 Å². The van der Waals surface area contributed by atoms with Crippen LogP contribution in [0.15, 0.2) is 36.4 Å². The highest BCUT2D eigenvalue weighted by Crippen LogP contribution is 2.23. The van der Waals surface area contributed by atoms with E-state index in [9.17, 15) is 17.6 Å². The monoisotopic (exact) mass is 456 g/mol. The van der Waals surface area contributed by atoms with Crippen LogP contribution in [0.5, 0.6) is 17.2 Å². The Kier molecular flexibility index (Phi) is 6.72. The second-order valence-corrected chi connectivity index (χ2v) is 9.15. The molecule has 0 radical (unpaired) electrons. The fraction of sp³-hybridized carbons (Fsp3) is 0.143.